The Balaban J connectivity index is 0.000000230. The number of nitrogen functional groups attached to an aromatic ring is 1. The van der Waals surface area contributed by atoms with Crippen LogP contribution in [-0.4, -0.2) is 38.8 Å². The number of amides is 1. The first-order chi connectivity index (χ1) is 15.5. The smallest absolute Gasteiger partial charge is 0.207 e. The normalized spacial score (nSPS) is 14.5. The number of anilines is 2. The Morgan fingerprint density at radius 1 is 1.31 bits per heavy atom. The predicted octanol–water partition coefficient (Wildman–Crippen LogP) is 3.68. The molecule has 7 nitrogen and oxygen atoms in total. The number of nitrogens with zero attached hydrogens (tertiary/aromatic N) is 2. The van der Waals surface area contributed by atoms with E-state index in [4.69, 9.17) is 15.0 Å². The van der Waals surface area contributed by atoms with Crippen LogP contribution in [0.15, 0.2) is 51.9 Å². The van der Waals surface area contributed by atoms with Crippen LogP contribution in [0, 0.1) is 0 Å². The summed E-state index contributed by atoms with van der Waals surface area (Å²) in [7, 11) is 3.65. The van der Waals surface area contributed by atoms with E-state index in [1.165, 1.54) is 18.4 Å². The Hall–Kier alpha value is -3.13. The molecule has 5 rings (SSSR count). The number of ether oxygens (including phenoxy) is 1. The van der Waals surface area contributed by atoms with E-state index in [1.807, 2.05) is 31.3 Å². The number of nitrogens with one attached hydrogen (secondary N) is 1. The number of nitrogens with two attached hydrogens (primary N) is 1. The van der Waals surface area contributed by atoms with Crippen molar-refractivity contribution in [3.05, 3.63) is 53.6 Å². The molecule has 2 aliphatic rings. The van der Waals surface area contributed by atoms with Crippen molar-refractivity contribution in [3.63, 3.8) is 0 Å². The number of thiol groups is 1. The van der Waals surface area contributed by atoms with Gasteiger partial charge in [-0.15, -0.1) is 12.6 Å². The van der Waals surface area contributed by atoms with Gasteiger partial charge in [0.2, 0.25) is 6.41 Å². The molecule has 0 aliphatic heterocycles. The standard InChI is InChI=1S/C17H20N4O2.C7H8OS/c1-21(7-6-19-10-22)11-2-3-14-12(8-11)15-13(16(18)20-23-15)9-17(14)4-5-17;1-8-6-4-2-3-5-7(6)9/h2-3,8,10H,4-7,9H2,1H3,(H2,18,20)(H,19,22);2-5,9H,1H3. The summed E-state index contributed by atoms with van der Waals surface area (Å²) < 4.78 is 10.5. The minimum Gasteiger partial charge on any atom is -0.496 e. The van der Waals surface area contributed by atoms with Gasteiger partial charge in [0.15, 0.2) is 11.6 Å². The first-order valence-corrected chi connectivity index (χ1v) is 11.0. The molecule has 0 unspecified atom stereocenters. The van der Waals surface area contributed by atoms with Crippen molar-refractivity contribution in [2.24, 2.45) is 0 Å². The summed E-state index contributed by atoms with van der Waals surface area (Å²) in [4.78, 5) is 13.4. The molecule has 32 heavy (non-hydrogen) atoms. The zero-order chi connectivity index (χ0) is 22.7. The molecule has 0 atom stereocenters. The number of carbonyl (C=O) groups excluding carboxylic acids is 1. The Morgan fingerprint density at radius 3 is 2.75 bits per heavy atom. The molecular weight excluding hydrogens is 424 g/mol. The van der Waals surface area contributed by atoms with E-state index in [0.717, 1.165) is 52.6 Å². The topological polar surface area (TPSA) is 93.6 Å². The molecule has 1 fully saturated rings. The van der Waals surface area contributed by atoms with Crippen molar-refractivity contribution in [2.75, 3.05) is 37.9 Å². The lowest BCUT2D eigenvalue weighted by Gasteiger charge is -2.27. The molecule has 0 bridgehead atoms. The number of methoxy groups -OCH3 is 1. The number of likely N-dealkylation sites (N-methyl/N-ethyl adjacent to an activating group) is 1. The van der Waals surface area contributed by atoms with Crippen LogP contribution in [-0.2, 0) is 16.6 Å². The maximum atomic E-state index is 10.4. The quantitative estimate of drug-likeness (QED) is 0.300. The van der Waals surface area contributed by atoms with Crippen LogP contribution in [0.5, 0.6) is 5.75 Å². The number of aromatic nitrogens is 1. The highest BCUT2D eigenvalue weighted by molar-refractivity contribution is 7.80. The first-order valence-electron chi connectivity index (χ1n) is 10.6. The highest BCUT2D eigenvalue weighted by atomic mass is 32.1. The van der Waals surface area contributed by atoms with E-state index in [9.17, 15) is 4.79 Å². The number of fused-ring (bicyclic) bond motifs is 4. The van der Waals surface area contributed by atoms with Crippen LogP contribution in [0.1, 0.15) is 24.0 Å². The number of hydrogen-bond donors (Lipinski definition) is 3. The molecule has 1 saturated carbocycles. The van der Waals surface area contributed by atoms with Crippen LogP contribution < -0.4 is 20.7 Å². The third kappa shape index (κ3) is 4.27. The van der Waals surface area contributed by atoms with Gasteiger partial charge in [0, 0.05) is 47.3 Å². The Bertz CT molecular complexity index is 1110. The van der Waals surface area contributed by atoms with E-state index >= 15 is 0 Å². The highest BCUT2D eigenvalue weighted by Gasteiger charge is 2.50. The second-order valence-electron chi connectivity index (χ2n) is 8.23. The average Bonchev–Trinajstić information content (AvgIpc) is 3.49. The fourth-order valence-electron chi connectivity index (χ4n) is 4.20. The number of hydrogen-bond acceptors (Lipinski definition) is 7. The minimum atomic E-state index is 0.234. The summed E-state index contributed by atoms with van der Waals surface area (Å²) in [5.41, 5.74) is 10.8. The maximum Gasteiger partial charge on any atom is 0.207 e. The zero-order valence-electron chi connectivity index (χ0n) is 18.3. The van der Waals surface area contributed by atoms with Crippen LogP contribution in [0.25, 0.3) is 11.3 Å². The van der Waals surface area contributed by atoms with Crippen molar-refractivity contribution in [3.8, 4) is 17.1 Å². The predicted molar refractivity (Wildman–Crippen MR) is 129 cm³/mol. The molecule has 2 aliphatic carbocycles. The molecule has 1 heterocycles. The van der Waals surface area contributed by atoms with Crippen LogP contribution in [0.3, 0.4) is 0 Å². The van der Waals surface area contributed by atoms with E-state index in [0.29, 0.717) is 12.4 Å². The Kier molecular flexibility index (Phi) is 6.32. The summed E-state index contributed by atoms with van der Waals surface area (Å²) in [6, 6.07) is 14.1. The SMILES string of the molecule is CN(CCNC=O)c1ccc2c(c1)-c1onc(N)c1CC21CC1.COc1ccccc1S. The van der Waals surface area contributed by atoms with E-state index in [-0.39, 0.29) is 5.41 Å². The molecular formula is C24H28N4O3S. The molecule has 1 spiro atoms. The molecule has 3 aromatic rings. The molecule has 0 radical (unpaired) electrons. The molecule has 2 aromatic carbocycles. The van der Waals surface area contributed by atoms with Gasteiger partial charge in [-0.1, -0.05) is 23.4 Å². The van der Waals surface area contributed by atoms with Gasteiger partial charge in [-0.2, -0.15) is 0 Å². The fraction of sp³-hybridized carbons (Fsp3) is 0.333. The number of rotatable bonds is 6. The Morgan fingerprint density at radius 2 is 2.09 bits per heavy atom. The van der Waals surface area contributed by atoms with Gasteiger partial charge in [0.25, 0.3) is 0 Å². The third-order valence-electron chi connectivity index (χ3n) is 6.21. The highest BCUT2D eigenvalue weighted by Crippen LogP contribution is 2.58. The van der Waals surface area contributed by atoms with Gasteiger partial charge in [0.1, 0.15) is 5.75 Å². The summed E-state index contributed by atoms with van der Waals surface area (Å²) in [6.07, 6.45) is 4.05. The van der Waals surface area contributed by atoms with Gasteiger partial charge >= 0.3 is 0 Å². The minimum absolute atomic E-state index is 0.234. The van der Waals surface area contributed by atoms with Crippen LogP contribution in [0.2, 0.25) is 0 Å². The lowest BCUT2D eigenvalue weighted by molar-refractivity contribution is -0.109. The number of carbonyl (C=O) groups is 1. The lowest BCUT2D eigenvalue weighted by Crippen LogP contribution is -2.28. The van der Waals surface area contributed by atoms with Crippen molar-refractivity contribution < 1.29 is 14.1 Å². The molecule has 168 valence electrons. The van der Waals surface area contributed by atoms with Crippen molar-refractivity contribution >= 4 is 30.5 Å². The molecule has 3 N–H and O–H groups in total. The van der Waals surface area contributed by atoms with Gasteiger partial charge < -0.3 is 25.2 Å². The second-order valence-corrected chi connectivity index (χ2v) is 8.71. The van der Waals surface area contributed by atoms with Gasteiger partial charge in [-0.25, -0.2) is 0 Å². The van der Waals surface area contributed by atoms with E-state index in [2.05, 4.69) is 46.2 Å². The fourth-order valence-corrected chi connectivity index (χ4v) is 4.46. The molecule has 1 aromatic heterocycles. The van der Waals surface area contributed by atoms with Crippen LogP contribution in [0.4, 0.5) is 11.5 Å². The van der Waals surface area contributed by atoms with E-state index < -0.39 is 0 Å². The summed E-state index contributed by atoms with van der Waals surface area (Å²) in [5.74, 6) is 2.16. The first kappa shape index (κ1) is 22.1. The van der Waals surface area contributed by atoms with Gasteiger partial charge in [0.05, 0.1) is 7.11 Å². The third-order valence-corrected chi connectivity index (χ3v) is 6.58. The lowest BCUT2D eigenvalue weighted by atomic mass is 9.79. The Labute approximate surface area is 193 Å². The van der Waals surface area contributed by atoms with Crippen LogP contribution >= 0.6 is 12.6 Å². The average molecular weight is 453 g/mol. The van der Waals surface area contributed by atoms with Gasteiger partial charge in [-0.05, 0) is 49.1 Å². The summed E-state index contributed by atoms with van der Waals surface area (Å²) in [5, 5.41) is 6.65. The van der Waals surface area contributed by atoms with Crippen molar-refractivity contribution in [2.45, 2.75) is 29.6 Å². The monoisotopic (exact) mass is 452 g/mol. The van der Waals surface area contributed by atoms with Crippen molar-refractivity contribution in [1.82, 2.24) is 10.5 Å². The van der Waals surface area contributed by atoms with Gasteiger partial charge in [-0.3, -0.25) is 4.79 Å². The molecule has 0 saturated heterocycles. The van der Waals surface area contributed by atoms with Crippen molar-refractivity contribution in [1.29, 1.82) is 0 Å². The largest absolute Gasteiger partial charge is 0.496 e. The van der Waals surface area contributed by atoms with E-state index in [1.54, 1.807) is 7.11 Å². The maximum absolute atomic E-state index is 10.4. The summed E-state index contributed by atoms with van der Waals surface area (Å²) in [6.45, 7) is 1.36. The summed E-state index contributed by atoms with van der Waals surface area (Å²) >= 11 is 4.15. The second kappa shape index (κ2) is 9.16. The molecule has 1 amide bonds. The molecule has 8 heteroatoms. The number of benzene rings is 2. The number of para-hydroxylation sites is 1. The zero-order valence-corrected chi connectivity index (χ0v) is 19.2.